The van der Waals surface area contributed by atoms with E-state index in [1.54, 1.807) is 7.11 Å². The van der Waals surface area contributed by atoms with E-state index in [1.165, 1.54) is 54.8 Å². The molecule has 0 amide bonds. The minimum atomic E-state index is -0.267. The lowest BCUT2D eigenvalue weighted by Crippen LogP contribution is -2.35. The molecule has 0 saturated carbocycles. The van der Waals surface area contributed by atoms with Crippen LogP contribution in [0.25, 0.3) is 43.6 Å². The van der Waals surface area contributed by atoms with Crippen molar-refractivity contribution in [2.75, 3.05) is 7.11 Å². The Balaban J connectivity index is 1.52. The smallest absolute Gasteiger partial charge is 0.143 e. The van der Waals surface area contributed by atoms with E-state index in [-0.39, 0.29) is 11.5 Å². The lowest BCUT2D eigenvalue weighted by molar-refractivity contribution is 0.0771. The highest BCUT2D eigenvalue weighted by Gasteiger charge is 2.37. The quantitative estimate of drug-likeness (QED) is 0.265. The van der Waals surface area contributed by atoms with Crippen LogP contribution in [0.3, 0.4) is 0 Å². The van der Waals surface area contributed by atoms with Crippen molar-refractivity contribution in [1.82, 2.24) is 9.97 Å². The zero-order chi connectivity index (χ0) is 24.8. The molecule has 0 bridgehead atoms. The summed E-state index contributed by atoms with van der Waals surface area (Å²) in [5.41, 5.74) is 9.23. The average molecular weight is 475 g/mol. The number of hydrogen-bond donors (Lipinski definition) is 2. The molecule has 0 radical (unpaired) electrons. The molecule has 4 heteroatoms. The molecule has 1 unspecified atom stereocenters. The highest BCUT2D eigenvalue weighted by molar-refractivity contribution is 6.11. The van der Waals surface area contributed by atoms with Crippen molar-refractivity contribution < 1.29 is 9.47 Å². The summed E-state index contributed by atoms with van der Waals surface area (Å²) in [6, 6.07) is 22.1. The first-order chi connectivity index (χ1) is 17.3. The fraction of sp³-hybridized carbons (Fsp3) is 0.250. The number of fused-ring (bicyclic) bond motifs is 8. The van der Waals surface area contributed by atoms with Gasteiger partial charge in [-0.3, -0.25) is 0 Å². The molecular formula is C32H30N2O2. The summed E-state index contributed by atoms with van der Waals surface area (Å²) in [4.78, 5) is 7.33. The molecule has 1 atom stereocenters. The van der Waals surface area contributed by atoms with Gasteiger partial charge in [-0.05, 0) is 87.2 Å². The number of nitrogens with one attached hydrogen (secondary N) is 2. The molecule has 1 aliphatic rings. The fourth-order valence-corrected chi connectivity index (χ4v) is 6.30. The van der Waals surface area contributed by atoms with Gasteiger partial charge < -0.3 is 19.4 Å². The van der Waals surface area contributed by atoms with E-state index >= 15 is 0 Å². The number of aryl methyl sites for hydroxylation is 2. The lowest BCUT2D eigenvalue weighted by Gasteiger charge is -2.39. The Hall–Kier alpha value is -3.92. The molecule has 6 aromatic rings. The summed E-state index contributed by atoms with van der Waals surface area (Å²) < 4.78 is 12.3. The number of para-hydroxylation sites is 1. The van der Waals surface area contributed by atoms with E-state index < -0.39 is 0 Å². The van der Waals surface area contributed by atoms with Gasteiger partial charge in [0.1, 0.15) is 17.1 Å². The Kier molecular flexibility index (Phi) is 4.33. The van der Waals surface area contributed by atoms with Gasteiger partial charge in [0.25, 0.3) is 0 Å². The predicted molar refractivity (Wildman–Crippen MR) is 149 cm³/mol. The number of hydrogen-bond acceptors (Lipinski definition) is 2. The second-order valence-corrected chi connectivity index (χ2v) is 11.0. The standard InChI is InChI=1S/C32H30N2O2/c1-17-12-22-21-15-19(10-11-26(21)33-29(22)27(13-17)35-5)24-16-32(3,4)36-31-18(2)14-23-20-8-6-7-9-25(20)34-30(23)28(24)31/h6-15,24,33-34H,16H2,1-5H3. The van der Waals surface area contributed by atoms with Crippen LogP contribution in [-0.4, -0.2) is 22.7 Å². The van der Waals surface area contributed by atoms with Gasteiger partial charge in [-0.1, -0.05) is 24.3 Å². The van der Waals surface area contributed by atoms with Crippen LogP contribution < -0.4 is 9.47 Å². The van der Waals surface area contributed by atoms with Gasteiger partial charge in [0.15, 0.2) is 0 Å². The van der Waals surface area contributed by atoms with Gasteiger partial charge in [-0.25, -0.2) is 0 Å². The second-order valence-electron chi connectivity index (χ2n) is 11.0. The number of benzene rings is 4. The number of H-pyrrole nitrogens is 2. The van der Waals surface area contributed by atoms with Crippen LogP contribution in [0.4, 0.5) is 0 Å². The van der Waals surface area contributed by atoms with E-state index in [9.17, 15) is 0 Å². The summed E-state index contributed by atoms with van der Waals surface area (Å²) in [5, 5.41) is 4.96. The number of aromatic amines is 2. The van der Waals surface area contributed by atoms with Crippen molar-refractivity contribution in [1.29, 1.82) is 0 Å². The molecule has 4 aromatic carbocycles. The number of methoxy groups -OCH3 is 1. The fourth-order valence-electron chi connectivity index (χ4n) is 6.30. The highest BCUT2D eigenvalue weighted by atomic mass is 16.5. The van der Waals surface area contributed by atoms with Crippen LogP contribution >= 0.6 is 0 Å². The summed E-state index contributed by atoms with van der Waals surface area (Å²) in [5.74, 6) is 2.11. The molecule has 180 valence electrons. The number of ether oxygens (including phenoxy) is 2. The molecule has 2 N–H and O–H groups in total. The molecule has 4 nitrogen and oxygen atoms in total. The summed E-state index contributed by atoms with van der Waals surface area (Å²) >= 11 is 0. The Morgan fingerprint density at radius 2 is 1.58 bits per heavy atom. The first-order valence-corrected chi connectivity index (χ1v) is 12.7. The van der Waals surface area contributed by atoms with Crippen LogP contribution in [0.5, 0.6) is 11.5 Å². The molecule has 3 heterocycles. The zero-order valence-electron chi connectivity index (χ0n) is 21.4. The third-order valence-electron chi connectivity index (χ3n) is 7.86. The van der Waals surface area contributed by atoms with Gasteiger partial charge in [0.05, 0.1) is 18.1 Å². The molecule has 0 spiro atoms. The van der Waals surface area contributed by atoms with Crippen molar-refractivity contribution in [2.45, 2.75) is 45.6 Å². The third-order valence-corrected chi connectivity index (χ3v) is 7.86. The molecule has 36 heavy (non-hydrogen) atoms. The molecular weight excluding hydrogens is 444 g/mol. The zero-order valence-corrected chi connectivity index (χ0v) is 21.4. The minimum Gasteiger partial charge on any atom is -0.495 e. The van der Waals surface area contributed by atoms with Crippen molar-refractivity contribution in [3.63, 3.8) is 0 Å². The Bertz CT molecular complexity index is 1840. The Morgan fingerprint density at radius 3 is 2.42 bits per heavy atom. The van der Waals surface area contributed by atoms with Crippen molar-refractivity contribution >= 4 is 43.6 Å². The van der Waals surface area contributed by atoms with E-state index in [4.69, 9.17) is 9.47 Å². The summed E-state index contributed by atoms with van der Waals surface area (Å²) in [6.45, 7) is 8.71. The van der Waals surface area contributed by atoms with E-state index in [2.05, 4.69) is 98.3 Å². The Morgan fingerprint density at radius 1 is 0.833 bits per heavy atom. The molecule has 7 rings (SSSR count). The van der Waals surface area contributed by atoms with Crippen molar-refractivity contribution in [3.8, 4) is 11.5 Å². The van der Waals surface area contributed by atoms with Gasteiger partial charge in [-0.15, -0.1) is 0 Å². The van der Waals surface area contributed by atoms with Crippen LogP contribution in [0.15, 0.2) is 60.7 Å². The van der Waals surface area contributed by atoms with Gasteiger partial charge in [-0.2, -0.15) is 0 Å². The first-order valence-electron chi connectivity index (χ1n) is 12.7. The van der Waals surface area contributed by atoms with E-state index in [0.717, 1.165) is 29.0 Å². The maximum atomic E-state index is 6.65. The van der Waals surface area contributed by atoms with Crippen molar-refractivity contribution in [2.24, 2.45) is 0 Å². The SMILES string of the molecule is COc1cc(C)cc2c1[nH]c1ccc(C3CC(C)(C)Oc4c(C)cc5c([nH]c6ccccc65)c43)cc12. The van der Waals surface area contributed by atoms with Gasteiger partial charge in [0, 0.05) is 44.1 Å². The molecule has 1 aliphatic heterocycles. The maximum Gasteiger partial charge on any atom is 0.143 e. The van der Waals surface area contributed by atoms with Crippen LogP contribution in [-0.2, 0) is 0 Å². The number of aromatic nitrogens is 2. The second kappa shape index (κ2) is 7.30. The monoisotopic (exact) mass is 474 g/mol. The van der Waals surface area contributed by atoms with Gasteiger partial charge >= 0.3 is 0 Å². The third kappa shape index (κ3) is 3.00. The van der Waals surface area contributed by atoms with E-state index in [1.807, 2.05) is 0 Å². The van der Waals surface area contributed by atoms with E-state index in [0.29, 0.717) is 0 Å². The topological polar surface area (TPSA) is 50.0 Å². The van der Waals surface area contributed by atoms with Gasteiger partial charge in [0.2, 0.25) is 0 Å². The van der Waals surface area contributed by atoms with Crippen LogP contribution in [0, 0.1) is 13.8 Å². The molecule has 0 aliphatic carbocycles. The summed E-state index contributed by atoms with van der Waals surface area (Å²) in [6.07, 6.45) is 0.907. The minimum absolute atomic E-state index is 0.209. The average Bonchev–Trinajstić information content (AvgIpc) is 3.40. The molecule has 0 saturated heterocycles. The number of rotatable bonds is 2. The highest BCUT2D eigenvalue weighted by Crippen LogP contribution is 2.50. The first kappa shape index (κ1) is 21.4. The largest absolute Gasteiger partial charge is 0.495 e. The van der Waals surface area contributed by atoms with Crippen LogP contribution in [0.2, 0.25) is 0 Å². The Labute approximate surface area is 210 Å². The predicted octanol–water partition coefficient (Wildman–Crippen LogP) is 8.27. The maximum absolute atomic E-state index is 6.65. The molecule has 0 fully saturated rings. The van der Waals surface area contributed by atoms with Crippen LogP contribution in [0.1, 0.15) is 48.4 Å². The molecule has 2 aromatic heterocycles. The lowest BCUT2D eigenvalue weighted by atomic mass is 9.78. The van der Waals surface area contributed by atoms with Crippen molar-refractivity contribution in [3.05, 3.63) is 82.9 Å². The normalized spacial score (nSPS) is 17.1. The summed E-state index contributed by atoms with van der Waals surface area (Å²) in [7, 11) is 1.74.